The number of hydrogen-bond donors (Lipinski definition) is 1. The summed E-state index contributed by atoms with van der Waals surface area (Å²) in [6.07, 6.45) is 4.33. The summed E-state index contributed by atoms with van der Waals surface area (Å²) in [5.74, 6) is 0. The second-order valence-corrected chi connectivity index (χ2v) is 8.50. The summed E-state index contributed by atoms with van der Waals surface area (Å²) in [5, 5.41) is 16.0. The van der Waals surface area contributed by atoms with Gasteiger partial charge in [0.25, 0.3) is 0 Å². The molecule has 1 aromatic carbocycles. The summed E-state index contributed by atoms with van der Waals surface area (Å²) >= 11 is 9.95. The number of carbonyl (C=O) groups is 1. The molecule has 0 radical (unpaired) electrons. The Kier molecular flexibility index (Phi) is 5.33. The van der Waals surface area contributed by atoms with Crippen molar-refractivity contribution in [1.29, 1.82) is 0 Å². The topological polar surface area (TPSA) is 84.9 Å². The van der Waals surface area contributed by atoms with Crippen LogP contribution in [0.5, 0.6) is 0 Å². The third-order valence-electron chi connectivity index (χ3n) is 5.51. The maximum Gasteiger partial charge on any atom is 0.407 e. The molecule has 0 bridgehead atoms. The fraction of sp³-hybridized carbons (Fsp3) is 0.286. The number of hydrogen-bond acceptors (Lipinski definition) is 4. The first-order chi connectivity index (χ1) is 15.0. The summed E-state index contributed by atoms with van der Waals surface area (Å²) in [6, 6.07) is 7.89. The Morgan fingerprint density at radius 3 is 3.03 bits per heavy atom. The van der Waals surface area contributed by atoms with E-state index in [1.54, 1.807) is 0 Å². The molecule has 1 saturated heterocycles. The summed E-state index contributed by atoms with van der Waals surface area (Å²) in [7, 11) is 0. The Labute approximate surface area is 191 Å². The number of rotatable bonds is 4. The van der Waals surface area contributed by atoms with Crippen molar-refractivity contribution in [3.05, 3.63) is 53.6 Å². The maximum atomic E-state index is 11.4. The molecule has 1 N–H and O–H groups in total. The van der Waals surface area contributed by atoms with Gasteiger partial charge in [0.2, 0.25) is 0 Å². The zero-order valence-electron chi connectivity index (χ0n) is 16.4. The second kappa shape index (κ2) is 8.14. The smallest absolute Gasteiger partial charge is 0.407 e. The van der Waals surface area contributed by atoms with Crippen molar-refractivity contribution in [3.8, 4) is 11.3 Å². The van der Waals surface area contributed by atoms with E-state index in [0.717, 1.165) is 38.6 Å². The third kappa shape index (κ3) is 3.77. The number of halogens is 2. The highest BCUT2D eigenvalue weighted by atomic mass is 79.9. The molecule has 0 spiro atoms. The number of alkyl halides is 1. The summed E-state index contributed by atoms with van der Waals surface area (Å²) in [6.45, 7) is 1.64. The average Bonchev–Trinajstić information content (AvgIpc) is 3.37. The molecule has 1 aliphatic rings. The van der Waals surface area contributed by atoms with E-state index in [9.17, 15) is 9.90 Å². The lowest BCUT2D eigenvalue weighted by Crippen LogP contribution is -2.46. The highest BCUT2D eigenvalue weighted by Crippen LogP contribution is 2.34. The maximum absolute atomic E-state index is 11.4. The Morgan fingerprint density at radius 2 is 2.23 bits per heavy atom. The number of amides is 1. The Hall–Kier alpha value is -2.62. The van der Waals surface area contributed by atoms with Crippen molar-refractivity contribution in [2.24, 2.45) is 0 Å². The fourth-order valence-corrected chi connectivity index (χ4v) is 4.67. The summed E-state index contributed by atoms with van der Waals surface area (Å²) in [4.78, 5) is 17.4. The molecule has 1 fully saturated rings. The molecular formula is C21H19BrClN5O3. The van der Waals surface area contributed by atoms with Crippen LogP contribution in [0.2, 0.25) is 5.02 Å². The van der Waals surface area contributed by atoms with Crippen molar-refractivity contribution < 1.29 is 14.6 Å². The van der Waals surface area contributed by atoms with Gasteiger partial charge in [0, 0.05) is 40.2 Å². The molecule has 1 aliphatic heterocycles. The van der Waals surface area contributed by atoms with Crippen molar-refractivity contribution in [2.45, 2.75) is 18.0 Å². The van der Waals surface area contributed by atoms with Gasteiger partial charge < -0.3 is 19.3 Å². The lowest BCUT2D eigenvalue weighted by molar-refractivity contribution is -0.0287. The molecule has 0 unspecified atom stereocenters. The molecule has 1 atom stereocenters. The summed E-state index contributed by atoms with van der Waals surface area (Å²) in [5.41, 5.74) is 4.64. The molecule has 4 aromatic rings. The van der Waals surface area contributed by atoms with Crippen molar-refractivity contribution >= 4 is 50.0 Å². The minimum atomic E-state index is -0.919. The van der Waals surface area contributed by atoms with Gasteiger partial charge in [-0.3, -0.25) is 0 Å². The van der Waals surface area contributed by atoms with Crippen LogP contribution in [0, 0.1) is 0 Å². The number of aromatic nitrogens is 4. The molecule has 31 heavy (non-hydrogen) atoms. The molecule has 8 nitrogen and oxygen atoms in total. The summed E-state index contributed by atoms with van der Waals surface area (Å²) < 4.78 is 9.75. The van der Waals surface area contributed by atoms with Crippen LogP contribution < -0.4 is 0 Å². The van der Waals surface area contributed by atoms with Crippen LogP contribution in [0.4, 0.5) is 4.79 Å². The van der Waals surface area contributed by atoms with Crippen LogP contribution in [0.3, 0.4) is 0 Å². The fourth-order valence-electron chi connectivity index (χ4n) is 4.13. The van der Waals surface area contributed by atoms with Gasteiger partial charge in [-0.1, -0.05) is 27.5 Å². The highest BCUT2D eigenvalue weighted by Gasteiger charge is 2.25. The lowest BCUT2D eigenvalue weighted by Gasteiger charge is -2.31. The van der Waals surface area contributed by atoms with Gasteiger partial charge in [0.15, 0.2) is 0 Å². The normalized spacial score (nSPS) is 17.0. The Morgan fingerprint density at radius 1 is 1.35 bits per heavy atom. The molecular weight excluding hydrogens is 486 g/mol. The van der Waals surface area contributed by atoms with Gasteiger partial charge in [-0.05, 0) is 29.8 Å². The van der Waals surface area contributed by atoms with E-state index in [2.05, 4.69) is 36.6 Å². The number of benzene rings is 1. The van der Waals surface area contributed by atoms with E-state index in [4.69, 9.17) is 16.3 Å². The first kappa shape index (κ1) is 20.3. The lowest BCUT2D eigenvalue weighted by atomic mass is 10.1. The molecule has 3 aromatic heterocycles. The zero-order chi connectivity index (χ0) is 21.5. The molecule has 0 saturated carbocycles. The van der Waals surface area contributed by atoms with Gasteiger partial charge in [0.1, 0.15) is 6.33 Å². The van der Waals surface area contributed by atoms with E-state index in [-0.39, 0.29) is 6.10 Å². The van der Waals surface area contributed by atoms with Crippen molar-refractivity contribution in [3.63, 3.8) is 0 Å². The van der Waals surface area contributed by atoms with Gasteiger partial charge in [0.05, 0.1) is 42.5 Å². The number of morpholine rings is 1. The van der Waals surface area contributed by atoms with E-state index in [1.807, 2.05) is 35.1 Å². The number of fused-ring (bicyclic) bond motifs is 2. The van der Waals surface area contributed by atoms with Gasteiger partial charge in [-0.15, -0.1) is 0 Å². The Bertz CT molecular complexity index is 1290. The molecule has 160 valence electrons. The predicted molar refractivity (Wildman–Crippen MR) is 121 cm³/mol. The van der Waals surface area contributed by atoms with Crippen LogP contribution in [-0.2, 0) is 16.6 Å². The third-order valence-corrected chi connectivity index (χ3v) is 6.37. The number of carboxylic acid groups (broad SMARTS) is 1. The van der Waals surface area contributed by atoms with Crippen LogP contribution in [0.1, 0.15) is 5.56 Å². The SMILES string of the molecule is O=C(O)N1CCO[C@H](Cn2ccc3cc(Cl)cc(-c4ncnn5cc(CBr)cc45)c32)C1. The van der Waals surface area contributed by atoms with Crippen LogP contribution in [-0.4, -0.2) is 61.1 Å². The molecule has 10 heteroatoms. The minimum Gasteiger partial charge on any atom is -0.465 e. The van der Waals surface area contributed by atoms with Gasteiger partial charge in [-0.25, -0.2) is 14.3 Å². The van der Waals surface area contributed by atoms with Crippen LogP contribution in [0.15, 0.2) is 43.0 Å². The number of nitrogens with zero attached hydrogens (tertiary/aromatic N) is 5. The standard InChI is InChI=1S/C21H19BrClN5O3/c22-8-13-5-18-19(24-12-25-28(18)9-13)17-7-15(23)6-14-1-2-26(20(14)17)10-16-11-27(21(29)30)3-4-31-16/h1-2,5-7,9,12,16H,3-4,8,10-11H2,(H,29,30)/t16-/m1/s1. The van der Waals surface area contributed by atoms with E-state index >= 15 is 0 Å². The van der Waals surface area contributed by atoms with Crippen molar-refractivity contribution in [2.75, 3.05) is 19.7 Å². The van der Waals surface area contributed by atoms with Crippen LogP contribution >= 0.6 is 27.5 Å². The minimum absolute atomic E-state index is 0.234. The van der Waals surface area contributed by atoms with Gasteiger partial charge >= 0.3 is 6.09 Å². The van der Waals surface area contributed by atoms with E-state index in [1.165, 1.54) is 11.2 Å². The molecule has 1 amide bonds. The highest BCUT2D eigenvalue weighted by molar-refractivity contribution is 9.08. The van der Waals surface area contributed by atoms with E-state index < -0.39 is 6.09 Å². The van der Waals surface area contributed by atoms with Gasteiger partial charge in [-0.2, -0.15) is 5.10 Å². The zero-order valence-corrected chi connectivity index (χ0v) is 18.8. The van der Waals surface area contributed by atoms with Crippen molar-refractivity contribution in [1.82, 2.24) is 24.1 Å². The quantitative estimate of drug-likeness (QED) is 0.419. The van der Waals surface area contributed by atoms with E-state index in [0.29, 0.717) is 31.3 Å². The number of ether oxygens (including phenoxy) is 1. The Balaban J connectivity index is 1.61. The largest absolute Gasteiger partial charge is 0.465 e. The predicted octanol–water partition coefficient (Wildman–Crippen LogP) is 4.28. The first-order valence-electron chi connectivity index (χ1n) is 9.80. The average molecular weight is 505 g/mol. The monoisotopic (exact) mass is 503 g/mol. The van der Waals surface area contributed by atoms with Crippen LogP contribution in [0.25, 0.3) is 27.7 Å². The molecule has 4 heterocycles. The molecule has 5 rings (SSSR count). The second-order valence-electron chi connectivity index (χ2n) is 7.50. The first-order valence-corrected chi connectivity index (χ1v) is 11.3. The molecule has 0 aliphatic carbocycles.